The lowest BCUT2D eigenvalue weighted by Gasteiger charge is -2.36. The van der Waals surface area contributed by atoms with E-state index >= 15 is 0 Å². The summed E-state index contributed by atoms with van der Waals surface area (Å²) in [6.07, 6.45) is 4.06. The highest BCUT2D eigenvalue weighted by Gasteiger charge is 2.62. The van der Waals surface area contributed by atoms with Crippen LogP contribution in [0.1, 0.15) is 53.4 Å². The number of likely N-dealkylation sites (tertiary alicyclic amines) is 1. The molecule has 1 amide bonds. The first kappa shape index (κ1) is 13.4. The van der Waals surface area contributed by atoms with E-state index in [0.29, 0.717) is 17.7 Å². The Morgan fingerprint density at radius 2 is 1.84 bits per heavy atom. The van der Waals surface area contributed by atoms with Gasteiger partial charge in [-0.05, 0) is 50.4 Å². The largest absolute Gasteiger partial charge is 0.372 e. The van der Waals surface area contributed by atoms with Gasteiger partial charge in [0.25, 0.3) is 0 Å². The van der Waals surface area contributed by atoms with E-state index in [-0.39, 0.29) is 11.7 Å². The van der Waals surface area contributed by atoms with Crippen molar-refractivity contribution in [2.24, 2.45) is 17.3 Å². The van der Waals surface area contributed by atoms with E-state index < -0.39 is 0 Å². The lowest BCUT2D eigenvalue weighted by atomic mass is 9.94. The number of amides is 1. The van der Waals surface area contributed by atoms with Crippen LogP contribution in [0.15, 0.2) is 0 Å². The maximum absolute atomic E-state index is 12.3. The Hall–Kier alpha value is -0.570. The molecule has 3 unspecified atom stereocenters. The van der Waals surface area contributed by atoms with Crippen LogP contribution in [0.3, 0.4) is 0 Å². The summed E-state index contributed by atoms with van der Waals surface area (Å²) < 4.78 is 6.04. The second kappa shape index (κ2) is 4.21. The average molecular weight is 265 g/mol. The molecule has 2 aliphatic heterocycles. The van der Waals surface area contributed by atoms with Crippen molar-refractivity contribution in [1.29, 1.82) is 0 Å². The second-order valence-corrected chi connectivity index (χ2v) is 7.93. The first-order valence-electron chi connectivity index (χ1n) is 7.75. The van der Waals surface area contributed by atoms with Gasteiger partial charge in [-0.15, -0.1) is 0 Å². The van der Waals surface area contributed by atoms with Gasteiger partial charge in [-0.2, -0.15) is 0 Å². The smallest absolute Gasteiger partial charge is 0.225 e. The fourth-order valence-corrected chi connectivity index (χ4v) is 4.13. The van der Waals surface area contributed by atoms with Gasteiger partial charge < -0.3 is 9.64 Å². The SMILES string of the molecule is CC1(C)CCCC(CC(=O)N2CC3C(C2)C3(C)C)O1. The average Bonchev–Trinajstić information content (AvgIpc) is 2.69. The number of ether oxygens (including phenoxy) is 1. The highest BCUT2D eigenvalue weighted by molar-refractivity contribution is 5.77. The van der Waals surface area contributed by atoms with Gasteiger partial charge in [0, 0.05) is 13.1 Å². The van der Waals surface area contributed by atoms with Crippen LogP contribution in [0.25, 0.3) is 0 Å². The second-order valence-electron chi connectivity index (χ2n) is 7.93. The van der Waals surface area contributed by atoms with Crippen molar-refractivity contribution < 1.29 is 9.53 Å². The Kier molecular flexibility index (Phi) is 2.97. The number of fused-ring (bicyclic) bond motifs is 1. The zero-order chi connectivity index (χ0) is 13.8. The molecule has 2 heterocycles. The van der Waals surface area contributed by atoms with Gasteiger partial charge in [-0.3, -0.25) is 4.79 Å². The van der Waals surface area contributed by atoms with Crippen molar-refractivity contribution in [2.75, 3.05) is 13.1 Å². The number of piperidine rings is 1. The van der Waals surface area contributed by atoms with Crippen LogP contribution >= 0.6 is 0 Å². The standard InChI is InChI=1S/C16H27NO2/c1-15(2)7-5-6-11(19-15)8-14(18)17-9-12-13(10-17)16(12,3)4/h11-13H,5-10H2,1-4H3. The Labute approximate surface area is 116 Å². The number of carbonyl (C=O) groups excluding carboxylic acids is 1. The maximum Gasteiger partial charge on any atom is 0.225 e. The Bertz CT molecular complexity index is 374. The van der Waals surface area contributed by atoms with Gasteiger partial charge >= 0.3 is 0 Å². The van der Waals surface area contributed by atoms with E-state index in [9.17, 15) is 4.79 Å². The van der Waals surface area contributed by atoms with Gasteiger partial charge in [0.05, 0.1) is 18.1 Å². The summed E-state index contributed by atoms with van der Waals surface area (Å²) in [5.74, 6) is 1.81. The monoisotopic (exact) mass is 265 g/mol. The topological polar surface area (TPSA) is 29.5 Å². The molecule has 0 bridgehead atoms. The van der Waals surface area contributed by atoms with E-state index in [1.807, 2.05) is 0 Å². The van der Waals surface area contributed by atoms with Crippen LogP contribution in [0.4, 0.5) is 0 Å². The first-order chi connectivity index (χ1) is 8.79. The Morgan fingerprint density at radius 3 is 2.42 bits per heavy atom. The van der Waals surface area contributed by atoms with Crippen LogP contribution in [0, 0.1) is 17.3 Å². The van der Waals surface area contributed by atoms with Crippen molar-refractivity contribution in [3.8, 4) is 0 Å². The van der Waals surface area contributed by atoms with Gasteiger partial charge in [-0.25, -0.2) is 0 Å². The summed E-state index contributed by atoms with van der Waals surface area (Å²) in [6, 6.07) is 0. The van der Waals surface area contributed by atoms with Crippen molar-refractivity contribution in [3.05, 3.63) is 0 Å². The molecule has 3 atom stereocenters. The lowest BCUT2D eigenvalue weighted by Crippen LogP contribution is -2.40. The maximum atomic E-state index is 12.3. The molecule has 3 heteroatoms. The molecular formula is C16H27NO2. The summed E-state index contributed by atoms with van der Waals surface area (Å²) >= 11 is 0. The summed E-state index contributed by atoms with van der Waals surface area (Å²) in [5, 5.41) is 0. The Morgan fingerprint density at radius 1 is 1.21 bits per heavy atom. The van der Waals surface area contributed by atoms with E-state index in [2.05, 4.69) is 32.6 Å². The van der Waals surface area contributed by atoms with Crippen LogP contribution in [0.5, 0.6) is 0 Å². The molecule has 108 valence electrons. The molecule has 0 spiro atoms. The molecule has 0 N–H and O–H groups in total. The summed E-state index contributed by atoms with van der Waals surface area (Å²) in [6.45, 7) is 10.9. The number of nitrogens with zero attached hydrogens (tertiary/aromatic N) is 1. The van der Waals surface area contributed by atoms with Gasteiger partial charge in [-0.1, -0.05) is 13.8 Å². The van der Waals surface area contributed by atoms with Gasteiger partial charge in [0.2, 0.25) is 5.91 Å². The third-order valence-corrected chi connectivity index (χ3v) is 5.67. The molecule has 3 aliphatic rings. The van der Waals surface area contributed by atoms with Crippen LogP contribution in [0.2, 0.25) is 0 Å². The highest BCUT2D eigenvalue weighted by Crippen LogP contribution is 2.62. The number of hydrogen-bond donors (Lipinski definition) is 0. The molecule has 2 saturated heterocycles. The molecule has 0 radical (unpaired) electrons. The van der Waals surface area contributed by atoms with Crippen molar-refractivity contribution in [1.82, 2.24) is 4.90 Å². The quantitative estimate of drug-likeness (QED) is 0.768. The summed E-state index contributed by atoms with van der Waals surface area (Å²) in [5.41, 5.74) is 0.443. The molecule has 0 aromatic carbocycles. The molecular weight excluding hydrogens is 238 g/mol. The Balaban J connectivity index is 1.50. The van der Waals surface area contributed by atoms with Crippen LogP contribution < -0.4 is 0 Å². The predicted octanol–water partition coefficient (Wildman–Crippen LogP) is 2.84. The molecule has 3 rings (SSSR count). The van der Waals surface area contributed by atoms with E-state index in [0.717, 1.165) is 37.8 Å². The molecule has 1 saturated carbocycles. The summed E-state index contributed by atoms with van der Waals surface area (Å²) in [7, 11) is 0. The normalized spacial score (nSPS) is 38.9. The zero-order valence-electron chi connectivity index (χ0n) is 12.7. The molecule has 19 heavy (non-hydrogen) atoms. The fraction of sp³-hybridized carbons (Fsp3) is 0.938. The minimum Gasteiger partial charge on any atom is -0.372 e. The molecule has 0 aromatic rings. The lowest BCUT2D eigenvalue weighted by molar-refractivity contribution is -0.143. The summed E-state index contributed by atoms with van der Waals surface area (Å²) in [4.78, 5) is 14.4. The molecule has 3 fully saturated rings. The number of rotatable bonds is 2. The van der Waals surface area contributed by atoms with Gasteiger partial charge in [0.1, 0.15) is 0 Å². The minimum atomic E-state index is -0.0433. The predicted molar refractivity (Wildman–Crippen MR) is 74.8 cm³/mol. The molecule has 3 nitrogen and oxygen atoms in total. The highest BCUT2D eigenvalue weighted by atomic mass is 16.5. The third-order valence-electron chi connectivity index (χ3n) is 5.67. The van der Waals surface area contributed by atoms with E-state index in [4.69, 9.17) is 4.74 Å². The van der Waals surface area contributed by atoms with E-state index in [1.54, 1.807) is 0 Å². The van der Waals surface area contributed by atoms with Gasteiger partial charge in [0.15, 0.2) is 0 Å². The van der Waals surface area contributed by atoms with Crippen molar-refractivity contribution in [2.45, 2.75) is 65.1 Å². The minimum absolute atomic E-state index is 0.0433. The first-order valence-corrected chi connectivity index (χ1v) is 7.75. The number of carbonyl (C=O) groups is 1. The van der Waals surface area contributed by atoms with Crippen LogP contribution in [-0.4, -0.2) is 35.6 Å². The third kappa shape index (κ3) is 2.42. The molecule has 0 aromatic heterocycles. The van der Waals surface area contributed by atoms with Crippen molar-refractivity contribution in [3.63, 3.8) is 0 Å². The van der Waals surface area contributed by atoms with Crippen LogP contribution in [-0.2, 0) is 9.53 Å². The fourth-order valence-electron chi connectivity index (χ4n) is 4.13. The van der Waals surface area contributed by atoms with E-state index in [1.165, 1.54) is 6.42 Å². The molecule has 1 aliphatic carbocycles. The zero-order valence-corrected chi connectivity index (χ0v) is 12.7. The number of hydrogen-bond acceptors (Lipinski definition) is 2. The van der Waals surface area contributed by atoms with Crippen molar-refractivity contribution >= 4 is 5.91 Å².